The van der Waals surface area contributed by atoms with Gasteiger partial charge in [-0.05, 0) is 26.7 Å². The Bertz CT molecular complexity index is 339. The van der Waals surface area contributed by atoms with Crippen LogP contribution in [0.15, 0.2) is 10.2 Å². The molecule has 0 aromatic carbocycles. The van der Waals surface area contributed by atoms with Crippen LogP contribution >= 0.6 is 0 Å². The van der Waals surface area contributed by atoms with Crippen LogP contribution in [0.1, 0.15) is 66.2 Å². The Kier molecular flexibility index (Phi) is 10.2. The van der Waals surface area contributed by atoms with E-state index in [9.17, 15) is 9.59 Å². The lowest BCUT2D eigenvalue weighted by Crippen LogP contribution is -2.24. The van der Waals surface area contributed by atoms with Crippen molar-refractivity contribution in [2.45, 2.75) is 66.2 Å². The van der Waals surface area contributed by atoms with Crippen molar-refractivity contribution in [1.29, 1.82) is 0 Å². The summed E-state index contributed by atoms with van der Waals surface area (Å²) in [6.07, 6.45) is 3.90. The predicted octanol–water partition coefficient (Wildman–Crippen LogP) is 2.35. The third-order valence-electron chi connectivity index (χ3n) is 2.55. The second-order valence-electron chi connectivity index (χ2n) is 4.76. The molecule has 0 radical (unpaired) electrons. The molecule has 2 amide bonds. The van der Waals surface area contributed by atoms with Crippen molar-refractivity contribution in [3.8, 4) is 0 Å². The number of amides is 2. The van der Waals surface area contributed by atoms with Gasteiger partial charge in [0, 0.05) is 24.3 Å². The molecular weight excluding hydrogens is 256 g/mol. The van der Waals surface area contributed by atoms with E-state index in [1.54, 1.807) is 0 Å². The average Bonchev–Trinajstić information content (AvgIpc) is 2.41. The first-order chi connectivity index (χ1) is 9.49. The van der Waals surface area contributed by atoms with Crippen molar-refractivity contribution in [3.63, 3.8) is 0 Å². The van der Waals surface area contributed by atoms with E-state index in [2.05, 4.69) is 21.1 Å². The number of hydrogen-bond acceptors (Lipinski definition) is 4. The molecule has 6 heteroatoms. The standard InChI is InChI=1S/C14H26N4O2/c1-5-7-11(3)15-17-13(19)9-10-14(20)18-16-12(4)8-6-2/h5-10H2,1-4H3,(H,17,19)(H,18,20)/b15-11-,16-12-. The lowest BCUT2D eigenvalue weighted by molar-refractivity contribution is -0.126. The lowest BCUT2D eigenvalue weighted by Gasteiger charge is -2.02. The summed E-state index contributed by atoms with van der Waals surface area (Å²) < 4.78 is 0. The highest BCUT2D eigenvalue weighted by atomic mass is 16.2. The molecule has 0 spiro atoms. The van der Waals surface area contributed by atoms with Crippen LogP contribution in [0.3, 0.4) is 0 Å². The van der Waals surface area contributed by atoms with E-state index < -0.39 is 0 Å². The molecule has 0 heterocycles. The first-order valence-corrected chi connectivity index (χ1v) is 7.13. The number of hydrazone groups is 2. The normalized spacial score (nSPS) is 12.2. The molecule has 0 bridgehead atoms. The molecule has 0 atom stereocenters. The predicted molar refractivity (Wildman–Crippen MR) is 81.6 cm³/mol. The minimum absolute atomic E-state index is 0.108. The minimum atomic E-state index is -0.259. The molecule has 0 unspecified atom stereocenters. The van der Waals surface area contributed by atoms with E-state index in [0.717, 1.165) is 37.1 Å². The summed E-state index contributed by atoms with van der Waals surface area (Å²) >= 11 is 0. The van der Waals surface area contributed by atoms with Gasteiger partial charge in [0.15, 0.2) is 0 Å². The fourth-order valence-corrected chi connectivity index (χ4v) is 1.49. The molecule has 0 rings (SSSR count). The SMILES string of the molecule is CCC/C(C)=N\NC(=O)CCC(=O)N/N=C(/C)CCC. The summed E-state index contributed by atoms with van der Waals surface area (Å²) in [6, 6.07) is 0. The monoisotopic (exact) mass is 282 g/mol. The number of nitrogens with one attached hydrogen (secondary N) is 2. The van der Waals surface area contributed by atoms with E-state index in [-0.39, 0.29) is 24.7 Å². The third kappa shape index (κ3) is 10.2. The molecule has 0 aromatic rings. The summed E-state index contributed by atoms with van der Waals surface area (Å²) in [5.74, 6) is -0.519. The zero-order valence-corrected chi connectivity index (χ0v) is 13.0. The van der Waals surface area contributed by atoms with Crippen molar-refractivity contribution < 1.29 is 9.59 Å². The van der Waals surface area contributed by atoms with Gasteiger partial charge in [-0.3, -0.25) is 9.59 Å². The highest BCUT2D eigenvalue weighted by Gasteiger charge is 2.05. The van der Waals surface area contributed by atoms with Gasteiger partial charge in [-0.2, -0.15) is 10.2 Å². The zero-order chi connectivity index (χ0) is 15.4. The molecule has 0 aliphatic heterocycles. The van der Waals surface area contributed by atoms with Crippen LogP contribution in [0.2, 0.25) is 0 Å². The maximum Gasteiger partial charge on any atom is 0.240 e. The number of carbonyl (C=O) groups is 2. The Balaban J connectivity index is 3.92. The fraction of sp³-hybridized carbons (Fsp3) is 0.714. The smallest absolute Gasteiger partial charge is 0.240 e. The maximum absolute atomic E-state index is 11.5. The summed E-state index contributed by atoms with van der Waals surface area (Å²) in [7, 11) is 0. The number of hydrogen-bond donors (Lipinski definition) is 2. The van der Waals surface area contributed by atoms with E-state index in [4.69, 9.17) is 0 Å². The molecule has 6 nitrogen and oxygen atoms in total. The van der Waals surface area contributed by atoms with E-state index in [1.807, 2.05) is 27.7 Å². The number of carbonyl (C=O) groups excluding carboxylic acids is 2. The topological polar surface area (TPSA) is 82.9 Å². The highest BCUT2D eigenvalue weighted by molar-refractivity contribution is 5.87. The van der Waals surface area contributed by atoms with E-state index in [0.29, 0.717) is 0 Å². The molecule has 0 saturated heterocycles. The minimum Gasteiger partial charge on any atom is -0.273 e. The van der Waals surface area contributed by atoms with Crippen molar-refractivity contribution in [2.75, 3.05) is 0 Å². The van der Waals surface area contributed by atoms with Crippen molar-refractivity contribution >= 4 is 23.2 Å². The van der Waals surface area contributed by atoms with Crippen molar-refractivity contribution in [3.05, 3.63) is 0 Å². The van der Waals surface area contributed by atoms with Crippen LogP contribution in [0.5, 0.6) is 0 Å². The quantitative estimate of drug-likeness (QED) is 0.502. The van der Waals surface area contributed by atoms with Crippen molar-refractivity contribution in [1.82, 2.24) is 10.9 Å². The van der Waals surface area contributed by atoms with Gasteiger partial charge in [0.05, 0.1) is 0 Å². The summed E-state index contributed by atoms with van der Waals surface area (Å²) in [4.78, 5) is 22.9. The van der Waals surface area contributed by atoms with Gasteiger partial charge < -0.3 is 0 Å². The summed E-state index contributed by atoms with van der Waals surface area (Å²) in [5.41, 5.74) is 6.64. The van der Waals surface area contributed by atoms with Gasteiger partial charge in [-0.15, -0.1) is 0 Å². The van der Waals surface area contributed by atoms with E-state index in [1.165, 1.54) is 0 Å². The third-order valence-corrected chi connectivity index (χ3v) is 2.55. The maximum atomic E-state index is 11.5. The van der Waals surface area contributed by atoms with Gasteiger partial charge in [0.2, 0.25) is 11.8 Å². The molecule has 0 aliphatic carbocycles. The Morgan fingerprint density at radius 1 is 0.750 bits per heavy atom. The molecular formula is C14H26N4O2. The first-order valence-electron chi connectivity index (χ1n) is 7.13. The molecule has 114 valence electrons. The van der Waals surface area contributed by atoms with Crippen LogP contribution in [0.25, 0.3) is 0 Å². The van der Waals surface area contributed by atoms with Gasteiger partial charge in [-0.25, -0.2) is 10.9 Å². The lowest BCUT2D eigenvalue weighted by atomic mass is 10.2. The Morgan fingerprint density at radius 3 is 1.40 bits per heavy atom. The van der Waals surface area contributed by atoms with Crippen LogP contribution in [0.4, 0.5) is 0 Å². The molecule has 0 saturated carbocycles. The highest BCUT2D eigenvalue weighted by Crippen LogP contribution is 1.93. The summed E-state index contributed by atoms with van der Waals surface area (Å²) in [5, 5.41) is 7.90. The Labute approximate surface area is 121 Å². The molecule has 0 fully saturated rings. The molecule has 2 N–H and O–H groups in total. The average molecular weight is 282 g/mol. The van der Waals surface area contributed by atoms with Gasteiger partial charge >= 0.3 is 0 Å². The first kappa shape index (κ1) is 18.3. The molecule has 0 aliphatic rings. The van der Waals surface area contributed by atoms with Crippen LogP contribution in [-0.2, 0) is 9.59 Å². The van der Waals surface area contributed by atoms with Crippen LogP contribution in [-0.4, -0.2) is 23.2 Å². The molecule has 0 aromatic heterocycles. The fourth-order valence-electron chi connectivity index (χ4n) is 1.49. The second kappa shape index (κ2) is 11.1. The largest absolute Gasteiger partial charge is 0.273 e. The number of nitrogens with zero attached hydrogens (tertiary/aromatic N) is 2. The van der Waals surface area contributed by atoms with E-state index >= 15 is 0 Å². The molecule has 20 heavy (non-hydrogen) atoms. The number of rotatable bonds is 9. The van der Waals surface area contributed by atoms with Gasteiger partial charge in [0.25, 0.3) is 0 Å². The summed E-state index contributed by atoms with van der Waals surface area (Å²) in [6.45, 7) is 7.82. The second-order valence-corrected chi connectivity index (χ2v) is 4.76. The zero-order valence-electron chi connectivity index (χ0n) is 13.0. The Morgan fingerprint density at radius 2 is 1.10 bits per heavy atom. The van der Waals surface area contributed by atoms with Gasteiger partial charge in [0.1, 0.15) is 0 Å². The van der Waals surface area contributed by atoms with Crippen LogP contribution < -0.4 is 10.9 Å². The Hall–Kier alpha value is -1.72. The van der Waals surface area contributed by atoms with Crippen molar-refractivity contribution in [2.24, 2.45) is 10.2 Å². The van der Waals surface area contributed by atoms with Gasteiger partial charge in [-0.1, -0.05) is 26.7 Å². The van der Waals surface area contributed by atoms with Crippen LogP contribution in [0, 0.1) is 0 Å².